The van der Waals surface area contributed by atoms with Crippen molar-refractivity contribution in [3.63, 3.8) is 0 Å². The largest absolute Gasteiger partial charge is 0.465 e. The first-order valence-corrected chi connectivity index (χ1v) is 10.3. The fourth-order valence-electron chi connectivity index (χ4n) is 2.82. The number of esters is 3. The molecule has 2 aromatic heterocycles. The second kappa shape index (κ2) is 9.60. The number of benzene rings is 1. The van der Waals surface area contributed by atoms with Gasteiger partial charge in [0.25, 0.3) is 5.91 Å². The maximum atomic E-state index is 12.7. The Morgan fingerprint density at radius 2 is 1.94 bits per heavy atom. The number of ether oxygens (including phenoxy) is 3. The summed E-state index contributed by atoms with van der Waals surface area (Å²) in [5, 5.41) is 2.62. The molecular formula is C21H20N2O8S. The lowest BCUT2D eigenvalue weighted by molar-refractivity contribution is -0.123. The van der Waals surface area contributed by atoms with Crippen LogP contribution in [0.15, 0.2) is 29.0 Å². The first-order chi connectivity index (χ1) is 15.3. The number of anilines is 1. The van der Waals surface area contributed by atoms with E-state index in [1.54, 1.807) is 19.9 Å². The highest BCUT2D eigenvalue weighted by Crippen LogP contribution is 2.34. The maximum absolute atomic E-state index is 12.7. The van der Waals surface area contributed by atoms with Gasteiger partial charge in [0.1, 0.15) is 15.4 Å². The van der Waals surface area contributed by atoms with Gasteiger partial charge in [-0.1, -0.05) is 0 Å². The monoisotopic (exact) mass is 460 g/mol. The van der Waals surface area contributed by atoms with Crippen molar-refractivity contribution in [2.45, 2.75) is 26.9 Å². The molecule has 32 heavy (non-hydrogen) atoms. The normalized spacial score (nSPS) is 11.6. The van der Waals surface area contributed by atoms with Crippen molar-refractivity contribution in [2.75, 3.05) is 19.0 Å². The number of amides is 1. The second-order valence-corrected chi connectivity index (χ2v) is 7.56. The standard InChI is InChI=1S/C21H20N2O8S/c1-5-29-21(27)16-10(2)15(20(26)28-4)18(32-16)23-17(24)11(3)31-19(25)12-6-7-14-13(8-12)22-9-30-14/h6-9,11H,5H2,1-4H3,(H,23,24). The van der Waals surface area contributed by atoms with Gasteiger partial charge in [-0.15, -0.1) is 11.3 Å². The summed E-state index contributed by atoms with van der Waals surface area (Å²) < 4.78 is 20.1. The van der Waals surface area contributed by atoms with Gasteiger partial charge < -0.3 is 23.9 Å². The molecule has 2 heterocycles. The lowest BCUT2D eigenvalue weighted by atomic mass is 10.1. The molecule has 0 radical (unpaired) electrons. The van der Waals surface area contributed by atoms with Gasteiger partial charge in [-0.2, -0.15) is 0 Å². The number of hydrogen-bond acceptors (Lipinski definition) is 10. The van der Waals surface area contributed by atoms with Gasteiger partial charge in [0.15, 0.2) is 18.1 Å². The van der Waals surface area contributed by atoms with Crippen molar-refractivity contribution >= 4 is 51.3 Å². The van der Waals surface area contributed by atoms with Crippen molar-refractivity contribution in [1.82, 2.24) is 4.98 Å². The molecule has 11 heteroatoms. The number of carbonyl (C=O) groups is 4. The van der Waals surface area contributed by atoms with Crippen molar-refractivity contribution in [3.05, 3.63) is 46.2 Å². The van der Waals surface area contributed by atoms with Crippen LogP contribution in [0.2, 0.25) is 0 Å². The molecule has 3 aromatic rings. The summed E-state index contributed by atoms with van der Waals surface area (Å²) >= 11 is 0.875. The highest BCUT2D eigenvalue weighted by atomic mass is 32.1. The van der Waals surface area contributed by atoms with Gasteiger partial charge >= 0.3 is 17.9 Å². The average Bonchev–Trinajstić information content (AvgIpc) is 3.36. The van der Waals surface area contributed by atoms with Crippen LogP contribution in [0.4, 0.5) is 5.00 Å². The Balaban J connectivity index is 1.77. The summed E-state index contributed by atoms with van der Waals surface area (Å²) in [6, 6.07) is 4.54. The van der Waals surface area contributed by atoms with Gasteiger partial charge in [-0.3, -0.25) is 4.79 Å². The Morgan fingerprint density at radius 1 is 1.19 bits per heavy atom. The minimum absolute atomic E-state index is 0.0314. The number of rotatable bonds is 7. The number of fused-ring (bicyclic) bond motifs is 1. The summed E-state index contributed by atoms with van der Waals surface area (Å²) in [4.78, 5) is 53.6. The number of methoxy groups -OCH3 is 1. The Kier molecular flexibility index (Phi) is 6.89. The average molecular weight is 460 g/mol. The molecule has 1 unspecified atom stereocenters. The first kappa shape index (κ1) is 22.9. The third-order valence-corrected chi connectivity index (χ3v) is 5.64. The third kappa shape index (κ3) is 4.62. The molecule has 1 amide bonds. The van der Waals surface area contributed by atoms with Crippen LogP contribution in [0.1, 0.15) is 49.8 Å². The third-order valence-electron chi connectivity index (χ3n) is 4.45. The summed E-state index contributed by atoms with van der Waals surface area (Å²) in [6.07, 6.45) is 0.0527. The molecule has 0 bridgehead atoms. The maximum Gasteiger partial charge on any atom is 0.348 e. The van der Waals surface area contributed by atoms with E-state index in [1.165, 1.54) is 32.6 Å². The van der Waals surface area contributed by atoms with Gasteiger partial charge in [0.2, 0.25) is 0 Å². The highest BCUT2D eigenvalue weighted by Gasteiger charge is 2.29. The Morgan fingerprint density at radius 3 is 2.62 bits per heavy atom. The molecule has 3 rings (SSSR count). The number of thiophene rings is 1. The molecule has 0 fully saturated rings. The van der Waals surface area contributed by atoms with Crippen molar-refractivity contribution in [1.29, 1.82) is 0 Å². The van der Waals surface area contributed by atoms with Crippen LogP contribution in [-0.2, 0) is 19.0 Å². The van der Waals surface area contributed by atoms with E-state index in [1.807, 2.05) is 0 Å². The summed E-state index contributed by atoms with van der Waals surface area (Å²) in [5.74, 6) is -2.78. The lowest BCUT2D eigenvalue weighted by Gasteiger charge is -2.13. The minimum atomic E-state index is -1.20. The Hall–Kier alpha value is -3.73. The van der Waals surface area contributed by atoms with E-state index in [2.05, 4.69) is 10.3 Å². The lowest BCUT2D eigenvalue weighted by Crippen LogP contribution is -2.30. The zero-order valence-electron chi connectivity index (χ0n) is 17.7. The van der Waals surface area contributed by atoms with Crippen molar-refractivity contribution < 1.29 is 37.8 Å². The molecule has 168 valence electrons. The Labute approximate surface area is 186 Å². The van der Waals surface area contributed by atoms with Crippen LogP contribution >= 0.6 is 11.3 Å². The number of nitrogens with zero attached hydrogens (tertiary/aromatic N) is 1. The van der Waals surface area contributed by atoms with Crippen LogP contribution in [0.5, 0.6) is 0 Å². The quantitative estimate of drug-likeness (QED) is 0.416. The zero-order chi connectivity index (χ0) is 23.4. The van der Waals surface area contributed by atoms with E-state index in [0.29, 0.717) is 16.7 Å². The molecule has 1 atom stereocenters. The summed E-state index contributed by atoms with van der Waals surface area (Å²) in [5.41, 5.74) is 1.52. The second-order valence-electron chi connectivity index (χ2n) is 6.54. The van der Waals surface area contributed by atoms with Crippen LogP contribution in [-0.4, -0.2) is 48.6 Å². The molecule has 0 saturated heterocycles. The van der Waals surface area contributed by atoms with E-state index in [0.717, 1.165) is 11.3 Å². The van der Waals surface area contributed by atoms with E-state index < -0.39 is 29.9 Å². The van der Waals surface area contributed by atoms with E-state index in [-0.39, 0.29) is 27.6 Å². The van der Waals surface area contributed by atoms with Gasteiger partial charge in [-0.25, -0.2) is 19.4 Å². The topological polar surface area (TPSA) is 134 Å². The highest BCUT2D eigenvalue weighted by molar-refractivity contribution is 7.18. The minimum Gasteiger partial charge on any atom is -0.465 e. The van der Waals surface area contributed by atoms with Crippen LogP contribution in [0.3, 0.4) is 0 Å². The number of carbonyl (C=O) groups excluding carboxylic acids is 4. The van der Waals surface area contributed by atoms with E-state index in [9.17, 15) is 19.2 Å². The van der Waals surface area contributed by atoms with Gasteiger partial charge in [-0.05, 0) is 44.5 Å². The predicted octanol–water partition coefficient (Wildman–Crippen LogP) is 3.35. The molecular weight excluding hydrogens is 440 g/mol. The SMILES string of the molecule is CCOC(=O)c1sc(NC(=O)C(C)OC(=O)c2ccc3ocnc3c2)c(C(=O)OC)c1C. The first-order valence-electron chi connectivity index (χ1n) is 9.50. The van der Waals surface area contributed by atoms with Crippen molar-refractivity contribution in [3.8, 4) is 0 Å². The molecule has 0 saturated carbocycles. The molecule has 0 aliphatic heterocycles. The predicted molar refractivity (Wildman–Crippen MR) is 114 cm³/mol. The smallest absolute Gasteiger partial charge is 0.348 e. The molecule has 0 aliphatic rings. The van der Waals surface area contributed by atoms with Gasteiger partial charge in [0.05, 0.1) is 24.8 Å². The number of hydrogen-bond donors (Lipinski definition) is 1. The van der Waals surface area contributed by atoms with E-state index in [4.69, 9.17) is 18.6 Å². The summed E-state index contributed by atoms with van der Waals surface area (Å²) in [7, 11) is 1.19. The van der Waals surface area contributed by atoms with Gasteiger partial charge in [0, 0.05) is 0 Å². The number of oxazole rings is 1. The van der Waals surface area contributed by atoms with Crippen LogP contribution < -0.4 is 5.32 Å². The van der Waals surface area contributed by atoms with Crippen LogP contribution in [0.25, 0.3) is 11.1 Å². The zero-order valence-corrected chi connectivity index (χ0v) is 18.5. The molecule has 1 N–H and O–H groups in total. The van der Waals surface area contributed by atoms with E-state index >= 15 is 0 Å². The fourth-order valence-corrected chi connectivity index (χ4v) is 3.91. The molecule has 1 aromatic carbocycles. The molecule has 10 nitrogen and oxygen atoms in total. The number of nitrogens with one attached hydrogen (secondary N) is 1. The number of aromatic nitrogens is 1. The fraction of sp³-hybridized carbons (Fsp3) is 0.286. The summed E-state index contributed by atoms with van der Waals surface area (Å²) in [6.45, 7) is 4.74. The Bertz CT molecular complexity index is 1200. The molecule has 0 spiro atoms. The van der Waals surface area contributed by atoms with Crippen LogP contribution in [0, 0.1) is 6.92 Å². The van der Waals surface area contributed by atoms with Crippen molar-refractivity contribution in [2.24, 2.45) is 0 Å². The molecule has 0 aliphatic carbocycles.